The summed E-state index contributed by atoms with van der Waals surface area (Å²) >= 11 is 0. The molecule has 0 N–H and O–H groups in total. The van der Waals surface area contributed by atoms with Gasteiger partial charge in [0.15, 0.2) is 5.69 Å². The van der Waals surface area contributed by atoms with Crippen LogP contribution in [0.3, 0.4) is 0 Å². The summed E-state index contributed by atoms with van der Waals surface area (Å²) in [5, 5.41) is 0. The zero-order valence-electron chi connectivity index (χ0n) is 13.2. The number of imidazole rings is 1. The van der Waals surface area contributed by atoms with Crippen molar-refractivity contribution in [3.63, 3.8) is 0 Å². The van der Waals surface area contributed by atoms with Crippen molar-refractivity contribution in [2.45, 2.75) is 26.3 Å². The van der Waals surface area contributed by atoms with E-state index in [1.54, 1.807) is 0 Å². The molecular formula is C19H19N3O. The van der Waals surface area contributed by atoms with Gasteiger partial charge in [-0.15, -0.1) is 0 Å². The van der Waals surface area contributed by atoms with Gasteiger partial charge in [0, 0.05) is 25.7 Å². The van der Waals surface area contributed by atoms with E-state index in [1.807, 2.05) is 39.8 Å². The molecule has 4 heteroatoms. The highest BCUT2D eigenvalue weighted by Crippen LogP contribution is 2.22. The summed E-state index contributed by atoms with van der Waals surface area (Å²) in [7, 11) is 0. The highest BCUT2D eigenvalue weighted by Gasteiger charge is 2.25. The van der Waals surface area contributed by atoms with Crippen LogP contribution in [0.5, 0.6) is 0 Å². The van der Waals surface area contributed by atoms with Crippen molar-refractivity contribution in [3.05, 3.63) is 71.3 Å². The smallest absolute Gasteiger partial charge is 0.275 e. The second-order valence-corrected chi connectivity index (χ2v) is 5.93. The first-order valence-corrected chi connectivity index (χ1v) is 8.10. The van der Waals surface area contributed by atoms with E-state index < -0.39 is 0 Å². The van der Waals surface area contributed by atoms with Gasteiger partial charge in [0.1, 0.15) is 5.82 Å². The molecule has 0 bridgehead atoms. The first-order valence-electron chi connectivity index (χ1n) is 8.10. The van der Waals surface area contributed by atoms with Crippen LogP contribution in [0.2, 0.25) is 0 Å². The lowest BCUT2D eigenvalue weighted by Crippen LogP contribution is -2.36. The number of aryl methyl sites for hydroxylation is 1. The van der Waals surface area contributed by atoms with Crippen molar-refractivity contribution in [3.8, 4) is 0 Å². The fourth-order valence-corrected chi connectivity index (χ4v) is 3.33. The third-order valence-corrected chi connectivity index (χ3v) is 4.56. The second kappa shape index (κ2) is 5.54. The Bertz CT molecular complexity index is 881. The largest absolute Gasteiger partial charge is 0.333 e. The lowest BCUT2D eigenvalue weighted by Gasteiger charge is -2.28. The van der Waals surface area contributed by atoms with Gasteiger partial charge in [0.05, 0.1) is 5.52 Å². The molecule has 1 aromatic carbocycles. The Kier molecular flexibility index (Phi) is 3.37. The Morgan fingerprint density at radius 2 is 1.91 bits per heavy atom. The molecule has 0 aliphatic carbocycles. The average molecular weight is 305 g/mol. The molecule has 3 aromatic rings. The maximum atomic E-state index is 13.0. The standard InChI is InChI=1S/C19H19N3O/c1-2-17-20-18(16-9-5-6-11-22(16)17)19(23)21-12-10-14-7-3-4-8-15(14)13-21/h3-9,11H,2,10,12-13H2,1H3. The van der Waals surface area contributed by atoms with Crippen molar-refractivity contribution in [2.75, 3.05) is 6.54 Å². The molecule has 23 heavy (non-hydrogen) atoms. The van der Waals surface area contributed by atoms with E-state index in [-0.39, 0.29) is 5.91 Å². The van der Waals surface area contributed by atoms with Crippen molar-refractivity contribution in [2.24, 2.45) is 0 Å². The number of aromatic nitrogens is 2. The molecule has 1 aliphatic heterocycles. The maximum absolute atomic E-state index is 13.0. The number of carbonyl (C=O) groups excluding carboxylic acids is 1. The molecule has 0 atom stereocenters. The van der Waals surface area contributed by atoms with Gasteiger partial charge in [-0.3, -0.25) is 4.79 Å². The van der Waals surface area contributed by atoms with Crippen molar-refractivity contribution in [1.82, 2.24) is 14.3 Å². The molecule has 4 nitrogen and oxygen atoms in total. The number of hydrogen-bond donors (Lipinski definition) is 0. The number of pyridine rings is 1. The predicted octanol–water partition coefficient (Wildman–Crippen LogP) is 3.10. The predicted molar refractivity (Wildman–Crippen MR) is 89.5 cm³/mol. The Morgan fingerprint density at radius 3 is 2.74 bits per heavy atom. The monoisotopic (exact) mass is 305 g/mol. The number of benzene rings is 1. The number of carbonyl (C=O) groups is 1. The van der Waals surface area contributed by atoms with Crippen LogP contribution >= 0.6 is 0 Å². The van der Waals surface area contributed by atoms with Crippen LogP contribution in [0.25, 0.3) is 5.52 Å². The molecule has 116 valence electrons. The van der Waals surface area contributed by atoms with Crippen molar-refractivity contribution in [1.29, 1.82) is 0 Å². The van der Waals surface area contributed by atoms with Crippen molar-refractivity contribution >= 4 is 11.4 Å². The Hall–Kier alpha value is -2.62. The van der Waals surface area contributed by atoms with Gasteiger partial charge in [-0.2, -0.15) is 0 Å². The van der Waals surface area contributed by atoms with E-state index in [9.17, 15) is 4.79 Å². The Morgan fingerprint density at radius 1 is 1.13 bits per heavy atom. The van der Waals surface area contributed by atoms with Gasteiger partial charge in [-0.25, -0.2) is 4.98 Å². The molecule has 0 radical (unpaired) electrons. The van der Waals surface area contributed by atoms with Crippen molar-refractivity contribution < 1.29 is 4.79 Å². The van der Waals surface area contributed by atoms with E-state index in [1.165, 1.54) is 11.1 Å². The summed E-state index contributed by atoms with van der Waals surface area (Å²) in [4.78, 5) is 19.5. The van der Waals surface area contributed by atoms with Crippen LogP contribution in [0, 0.1) is 0 Å². The average Bonchev–Trinajstić information content (AvgIpc) is 2.99. The quantitative estimate of drug-likeness (QED) is 0.729. The molecule has 0 spiro atoms. The van der Waals surface area contributed by atoms with Gasteiger partial charge < -0.3 is 9.30 Å². The zero-order valence-corrected chi connectivity index (χ0v) is 13.2. The highest BCUT2D eigenvalue weighted by atomic mass is 16.2. The molecule has 0 unspecified atom stereocenters. The Balaban J connectivity index is 1.71. The molecule has 0 saturated carbocycles. The first kappa shape index (κ1) is 14.0. The molecule has 1 amide bonds. The fourth-order valence-electron chi connectivity index (χ4n) is 3.33. The summed E-state index contributed by atoms with van der Waals surface area (Å²) in [5.74, 6) is 0.962. The van der Waals surface area contributed by atoms with Gasteiger partial charge >= 0.3 is 0 Å². The number of nitrogens with zero attached hydrogens (tertiary/aromatic N) is 3. The summed E-state index contributed by atoms with van der Waals surface area (Å²) in [6.45, 7) is 3.48. The summed E-state index contributed by atoms with van der Waals surface area (Å²) in [6.07, 6.45) is 3.69. The fraction of sp³-hybridized carbons (Fsp3) is 0.263. The Labute approximate surface area is 135 Å². The minimum Gasteiger partial charge on any atom is -0.333 e. The van der Waals surface area contributed by atoms with Crippen LogP contribution in [0.15, 0.2) is 48.7 Å². The summed E-state index contributed by atoms with van der Waals surface area (Å²) in [5.41, 5.74) is 4.06. The minimum absolute atomic E-state index is 0.0305. The topological polar surface area (TPSA) is 37.6 Å². The van der Waals surface area contributed by atoms with Gasteiger partial charge in [-0.05, 0) is 29.7 Å². The SMILES string of the molecule is CCc1nc(C(=O)N2CCc3ccccc3C2)c2ccccn12. The van der Waals surface area contributed by atoms with Crippen LogP contribution in [-0.4, -0.2) is 26.7 Å². The highest BCUT2D eigenvalue weighted by molar-refractivity contribution is 5.99. The third kappa shape index (κ3) is 2.31. The van der Waals surface area contributed by atoms with Crippen LogP contribution < -0.4 is 0 Å². The van der Waals surface area contributed by atoms with Gasteiger partial charge in [-0.1, -0.05) is 37.3 Å². The number of amides is 1. The lowest BCUT2D eigenvalue weighted by molar-refractivity contribution is 0.0731. The van der Waals surface area contributed by atoms with Gasteiger partial charge in [0.25, 0.3) is 5.91 Å². The minimum atomic E-state index is 0.0305. The molecule has 0 saturated heterocycles. The van der Waals surface area contributed by atoms with Gasteiger partial charge in [0.2, 0.25) is 0 Å². The zero-order chi connectivity index (χ0) is 15.8. The molecular weight excluding hydrogens is 286 g/mol. The molecule has 2 aromatic heterocycles. The first-order chi connectivity index (χ1) is 11.3. The molecule has 4 rings (SSSR count). The molecule has 0 fully saturated rings. The summed E-state index contributed by atoms with van der Waals surface area (Å²) < 4.78 is 2.02. The molecule has 1 aliphatic rings. The number of fused-ring (bicyclic) bond motifs is 2. The van der Waals surface area contributed by atoms with E-state index in [0.717, 1.165) is 30.7 Å². The van der Waals surface area contributed by atoms with Crippen LogP contribution in [-0.2, 0) is 19.4 Å². The number of hydrogen-bond acceptors (Lipinski definition) is 2. The molecule has 3 heterocycles. The van der Waals surface area contributed by atoms with E-state index in [2.05, 4.69) is 30.1 Å². The summed E-state index contributed by atoms with van der Waals surface area (Å²) in [6, 6.07) is 14.3. The maximum Gasteiger partial charge on any atom is 0.275 e. The van der Waals surface area contributed by atoms with Crippen LogP contribution in [0.1, 0.15) is 34.4 Å². The second-order valence-electron chi connectivity index (χ2n) is 5.93. The van der Waals surface area contributed by atoms with E-state index >= 15 is 0 Å². The lowest BCUT2D eigenvalue weighted by atomic mass is 10.00. The van der Waals surface area contributed by atoms with Crippen LogP contribution in [0.4, 0.5) is 0 Å². The number of rotatable bonds is 2. The normalized spacial score (nSPS) is 14.0. The van der Waals surface area contributed by atoms with E-state index in [0.29, 0.717) is 12.2 Å². The third-order valence-electron chi connectivity index (χ3n) is 4.56. The van der Waals surface area contributed by atoms with E-state index in [4.69, 9.17) is 0 Å².